The van der Waals surface area contributed by atoms with Crippen molar-refractivity contribution in [3.63, 3.8) is 0 Å². The van der Waals surface area contributed by atoms with Gasteiger partial charge in [0.05, 0.1) is 0 Å². The van der Waals surface area contributed by atoms with Crippen LogP contribution in [0.25, 0.3) is 11.1 Å². The summed E-state index contributed by atoms with van der Waals surface area (Å²) < 4.78 is 45.8. The van der Waals surface area contributed by atoms with Crippen molar-refractivity contribution in [2.24, 2.45) is 0 Å². The van der Waals surface area contributed by atoms with E-state index in [9.17, 15) is 22.8 Å². The highest BCUT2D eigenvalue weighted by molar-refractivity contribution is 6.32. The Bertz CT molecular complexity index is 944. The van der Waals surface area contributed by atoms with Crippen molar-refractivity contribution in [3.05, 3.63) is 58.4 Å². The average Bonchev–Trinajstić information content (AvgIpc) is 3.19. The normalized spacial score (nSPS) is 21.1. The van der Waals surface area contributed by atoms with E-state index in [0.29, 0.717) is 18.4 Å². The van der Waals surface area contributed by atoms with Gasteiger partial charge in [-0.05, 0) is 66.6 Å². The minimum absolute atomic E-state index is 0.0682. The molecule has 3 nitrogen and oxygen atoms in total. The molecule has 1 aliphatic heterocycles. The molecule has 0 N–H and O–H groups in total. The molecular formula is C20H14ClF3O3. The number of Topliss-reactive ketones (excluding diaryl/α,β-unsaturated/α-hetero) is 1. The van der Waals surface area contributed by atoms with Gasteiger partial charge in [-0.2, -0.15) is 0 Å². The van der Waals surface area contributed by atoms with Crippen molar-refractivity contribution in [3.8, 4) is 11.1 Å². The van der Waals surface area contributed by atoms with Crippen LogP contribution in [-0.2, 0) is 14.3 Å². The Morgan fingerprint density at radius 1 is 0.963 bits per heavy atom. The Labute approximate surface area is 158 Å². The van der Waals surface area contributed by atoms with Gasteiger partial charge in [-0.25, -0.2) is 13.2 Å². The van der Waals surface area contributed by atoms with Crippen LogP contribution in [0, 0.1) is 17.5 Å². The van der Waals surface area contributed by atoms with Crippen LogP contribution < -0.4 is 0 Å². The zero-order chi connectivity index (χ0) is 19.3. The van der Waals surface area contributed by atoms with Crippen LogP contribution in [0.3, 0.4) is 0 Å². The lowest BCUT2D eigenvalue weighted by atomic mass is 9.85. The van der Waals surface area contributed by atoms with Crippen LogP contribution in [0.5, 0.6) is 0 Å². The first-order chi connectivity index (χ1) is 12.8. The molecule has 0 aromatic heterocycles. The van der Waals surface area contributed by atoms with Gasteiger partial charge in [0.2, 0.25) is 0 Å². The Morgan fingerprint density at radius 2 is 1.59 bits per heavy atom. The monoisotopic (exact) mass is 394 g/mol. The third-order valence-corrected chi connectivity index (χ3v) is 5.62. The van der Waals surface area contributed by atoms with Crippen molar-refractivity contribution in [2.45, 2.75) is 37.2 Å². The molecule has 1 spiro atoms. The fourth-order valence-electron chi connectivity index (χ4n) is 3.90. The van der Waals surface area contributed by atoms with Crippen LogP contribution in [0.4, 0.5) is 13.2 Å². The minimum atomic E-state index is -1.56. The van der Waals surface area contributed by atoms with Crippen molar-refractivity contribution >= 4 is 23.4 Å². The smallest absolute Gasteiger partial charge is 0.322 e. The van der Waals surface area contributed by atoms with E-state index in [4.69, 9.17) is 16.3 Å². The van der Waals surface area contributed by atoms with E-state index in [-0.39, 0.29) is 21.9 Å². The fraction of sp³-hybridized carbons (Fsp3) is 0.300. The Balaban J connectivity index is 1.78. The standard InChI is InChI=1S/C20H14ClF3O3/c21-13-4-3-10(11-8-14(22)17(24)15(23)9-11)7-12(13)16-18(25)20(27-19(16)26)5-1-2-6-20/h3-4,7-9,16H,1-2,5-6H2. The number of carbonyl (C=O) groups excluding carboxylic acids is 2. The molecule has 0 amide bonds. The third-order valence-electron chi connectivity index (χ3n) is 5.28. The molecule has 1 aliphatic carbocycles. The lowest BCUT2D eigenvalue weighted by Crippen LogP contribution is -2.33. The third kappa shape index (κ3) is 2.83. The first-order valence-electron chi connectivity index (χ1n) is 8.54. The fourth-order valence-corrected chi connectivity index (χ4v) is 4.13. The van der Waals surface area contributed by atoms with Gasteiger partial charge in [-0.15, -0.1) is 0 Å². The summed E-state index contributed by atoms with van der Waals surface area (Å²) in [7, 11) is 0. The van der Waals surface area contributed by atoms with E-state index < -0.39 is 34.9 Å². The molecule has 4 rings (SSSR count). The van der Waals surface area contributed by atoms with Gasteiger partial charge in [0, 0.05) is 5.02 Å². The van der Waals surface area contributed by atoms with Gasteiger partial charge in [-0.1, -0.05) is 17.7 Å². The van der Waals surface area contributed by atoms with E-state index in [0.717, 1.165) is 25.0 Å². The van der Waals surface area contributed by atoms with E-state index in [2.05, 4.69) is 0 Å². The van der Waals surface area contributed by atoms with Gasteiger partial charge < -0.3 is 4.74 Å². The first kappa shape index (κ1) is 18.0. The van der Waals surface area contributed by atoms with Gasteiger partial charge in [0.15, 0.2) is 28.8 Å². The van der Waals surface area contributed by atoms with Gasteiger partial charge in [-0.3, -0.25) is 9.59 Å². The van der Waals surface area contributed by atoms with Crippen molar-refractivity contribution in [1.29, 1.82) is 0 Å². The maximum atomic E-state index is 13.6. The second-order valence-corrected chi connectivity index (χ2v) is 7.32. The quantitative estimate of drug-likeness (QED) is 0.411. The zero-order valence-electron chi connectivity index (χ0n) is 14.0. The van der Waals surface area contributed by atoms with Crippen LogP contribution in [0.1, 0.15) is 37.2 Å². The Kier molecular flexibility index (Phi) is 4.26. The number of ether oxygens (including phenoxy) is 1. The van der Waals surface area contributed by atoms with Crippen LogP contribution >= 0.6 is 11.6 Å². The summed E-state index contributed by atoms with van der Waals surface area (Å²) in [6.45, 7) is 0. The summed E-state index contributed by atoms with van der Waals surface area (Å²) in [5.74, 6) is -6.40. The number of hydrogen-bond acceptors (Lipinski definition) is 3. The molecule has 2 aromatic carbocycles. The van der Waals surface area contributed by atoms with Gasteiger partial charge in [0.1, 0.15) is 5.92 Å². The largest absolute Gasteiger partial charge is 0.450 e. The number of rotatable bonds is 2. The number of benzene rings is 2. The second-order valence-electron chi connectivity index (χ2n) is 6.91. The maximum absolute atomic E-state index is 13.6. The molecule has 140 valence electrons. The van der Waals surface area contributed by atoms with E-state index in [1.807, 2.05) is 0 Å². The lowest BCUT2D eigenvalue weighted by molar-refractivity contribution is -0.151. The van der Waals surface area contributed by atoms with Crippen LogP contribution in [0.15, 0.2) is 30.3 Å². The summed E-state index contributed by atoms with van der Waals surface area (Å²) in [5.41, 5.74) is -0.494. The summed E-state index contributed by atoms with van der Waals surface area (Å²) in [6, 6.07) is 6.03. The molecule has 1 saturated carbocycles. The number of carbonyl (C=O) groups is 2. The van der Waals surface area contributed by atoms with E-state index >= 15 is 0 Å². The summed E-state index contributed by atoms with van der Waals surface area (Å²) >= 11 is 6.21. The number of ketones is 1. The molecule has 7 heteroatoms. The van der Waals surface area contributed by atoms with E-state index in [1.165, 1.54) is 18.2 Å². The summed E-state index contributed by atoms with van der Waals surface area (Å²) in [4.78, 5) is 25.3. The highest BCUT2D eigenvalue weighted by atomic mass is 35.5. The van der Waals surface area contributed by atoms with Crippen molar-refractivity contribution < 1.29 is 27.5 Å². The van der Waals surface area contributed by atoms with Crippen molar-refractivity contribution in [1.82, 2.24) is 0 Å². The van der Waals surface area contributed by atoms with Gasteiger partial charge >= 0.3 is 5.97 Å². The molecule has 2 aliphatic rings. The zero-order valence-corrected chi connectivity index (χ0v) is 14.8. The highest BCUT2D eigenvalue weighted by Gasteiger charge is 2.57. The number of hydrogen-bond donors (Lipinski definition) is 0. The Hall–Kier alpha value is -2.34. The van der Waals surface area contributed by atoms with Crippen molar-refractivity contribution in [2.75, 3.05) is 0 Å². The molecule has 0 bridgehead atoms. The maximum Gasteiger partial charge on any atom is 0.322 e. The molecule has 1 atom stereocenters. The molecule has 1 heterocycles. The predicted molar refractivity (Wildman–Crippen MR) is 91.8 cm³/mol. The van der Waals surface area contributed by atoms with E-state index in [1.54, 1.807) is 0 Å². The molecule has 1 unspecified atom stereocenters. The first-order valence-corrected chi connectivity index (χ1v) is 8.92. The molecule has 2 aromatic rings. The molecule has 0 radical (unpaired) electrons. The van der Waals surface area contributed by atoms with Crippen LogP contribution in [0.2, 0.25) is 5.02 Å². The minimum Gasteiger partial charge on any atom is -0.450 e. The molecule has 2 fully saturated rings. The molecule has 27 heavy (non-hydrogen) atoms. The number of esters is 1. The van der Waals surface area contributed by atoms with Gasteiger partial charge in [0.25, 0.3) is 0 Å². The topological polar surface area (TPSA) is 43.4 Å². The highest BCUT2D eigenvalue weighted by Crippen LogP contribution is 2.46. The number of halogens is 4. The SMILES string of the molecule is O=C1OC2(CCCC2)C(=O)C1c1cc(-c2cc(F)c(F)c(F)c2)ccc1Cl. The summed E-state index contributed by atoms with van der Waals surface area (Å²) in [5, 5.41) is 0.173. The second kappa shape index (κ2) is 6.37. The summed E-state index contributed by atoms with van der Waals surface area (Å²) in [6.07, 6.45) is 2.57. The molecular weight excluding hydrogens is 381 g/mol. The Morgan fingerprint density at radius 3 is 2.22 bits per heavy atom. The average molecular weight is 395 g/mol. The lowest BCUT2D eigenvalue weighted by Gasteiger charge is -2.19. The predicted octanol–water partition coefficient (Wildman–Crippen LogP) is 4.95. The molecule has 1 saturated heterocycles. The van der Waals surface area contributed by atoms with Crippen LogP contribution in [-0.4, -0.2) is 17.4 Å².